The van der Waals surface area contributed by atoms with Crippen molar-refractivity contribution >= 4 is 24.8 Å². The molecule has 0 atom stereocenters. The molecular weight excluding hydrogens is 109 g/mol. The summed E-state index contributed by atoms with van der Waals surface area (Å²) in [6, 6.07) is 0. The topological polar surface area (TPSA) is 31.2 Å². The Morgan fingerprint density at radius 2 is 2.00 bits per heavy atom. The van der Waals surface area contributed by atoms with E-state index in [1.54, 1.807) is 0 Å². The number of carbonyl (C=O) groups excluding carboxylic acids is 1. The standard InChI is InChI=1S/C6H12NO.Li.H/c1-3-5-6(8)7-4-2;;/h3-5H2,1-2H3;;. The van der Waals surface area contributed by atoms with E-state index in [9.17, 15) is 4.79 Å². The Kier molecular flexibility index (Phi) is 10.6. The van der Waals surface area contributed by atoms with Crippen LogP contribution in [-0.2, 0) is 4.79 Å². The molecule has 9 heavy (non-hydrogen) atoms. The number of carbonyl (C=O) groups is 1. The van der Waals surface area contributed by atoms with Crippen molar-refractivity contribution in [1.82, 2.24) is 5.32 Å². The van der Waals surface area contributed by atoms with E-state index in [-0.39, 0.29) is 24.8 Å². The first-order chi connectivity index (χ1) is 3.81. The molecule has 0 aromatic carbocycles. The van der Waals surface area contributed by atoms with Crippen LogP contribution in [0.3, 0.4) is 0 Å². The third-order valence-electron chi connectivity index (χ3n) is 0.798. The number of hydrogen-bond acceptors (Lipinski definition) is 1. The molecule has 0 aliphatic heterocycles. The molecule has 1 amide bonds. The second-order valence-electron chi connectivity index (χ2n) is 1.62. The predicted molar refractivity (Wildman–Crippen MR) is 39.7 cm³/mol. The minimum absolute atomic E-state index is 0. The van der Waals surface area contributed by atoms with E-state index >= 15 is 0 Å². The molecule has 0 heterocycles. The average Bonchev–Trinajstić information content (AvgIpc) is 1.68. The molecule has 0 spiro atoms. The maximum atomic E-state index is 10.5. The first-order valence-corrected chi connectivity index (χ1v) is 3.01. The Morgan fingerprint density at radius 3 is 2.33 bits per heavy atom. The molecule has 0 aromatic rings. The van der Waals surface area contributed by atoms with Gasteiger partial charge in [0, 0.05) is 13.0 Å². The fraction of sp³-hybridized carbons (Fsp3) is 0.833. The predicted octanol–water partition coefficient (Wildman–Crippen LogP) is 0.289. The Hall–Kier alpha value is 0.0674. The summed E-state index contributed by atoms with van der Waals surface area (Å²) in [5.41, 5.74) is 0. The molecule has 0 aliphatic rings. The summed E-state index contributed by atoms with van der Waals surface area (Å²) in [5, 5.41) is 3.68. The summed E-state index contributed by atoms with van der Waals surface area (Å²) in [6.45, 7) is 4.47. The average molecular weight is 122 g/mol. The van der Waals surface area contributed by atoms with Crippen molar-refractivity contribution < 1.29 is 4.79 Å². The van der Waals surface area contributed by atoms with Gasteiger partial charge < -0.3 is 0 Å². The fourth-order valence-electron chi connectivity index (χ4n) is 0.469. The van der Waals surface area contributed by atoms with Gasteiger partial charge in [-0.3, -0.25) is 10.1 Å². The van der Waals surface area contributed by atoms with E-state index in [0.717, 1.165) is 6.42 Å². The van der Waals surface area contributed by atoms with Crippen LogP contribution >= 0.6 is 0 Å². The van der Waals surface area contributed by atoms with Crippen LogP contribution in [0.5, 0.6) is 0 Å². The van der Waals surface area contributed by atoms with Gasteiger partial charge in [-0.2, -0.15) is 0 Å². The van der Waals surface area contributed by atoms with Crippen LogP contribution in [0, 0.1) is 0 Å². The summed E-state index contributed by atoms with van der Waals surface area (Å²) in [6.07, 6.45) is 1.51. The Morgan fingerprint density at radius 1 is 1.44 bits per heavy atom. The van der Waals surface area contributed by atoms with Crippen LogP contribution < -0.4 is 5.32 Å². The van der Waals surface area contributed by atoms with Crippen molar-refractivity contribution in [3.8, 4) is 0 Å². The van der Waals surface area contributed by atoms with E-state index < -0.39 is 0 Å². The molecular formula is C6H13LiNO. The molecule has 3 heteroatoms. The van der Waals surface area contributed by atoms with E-state index in [4.69, 9.17) is 0 Å². The summed E-state index contributed by atoms with van der Waals surface area (Å²) in [7, 11) is 0. The summed E-state index contributed by atoms with van der Waals surface area (Å²) in [4.78, 5) is 10.5. The van der Waals surface area contributed by atoms with Crippen molar-refractivity contribution in [2.24, 2.45) is 0 Å². The third-order valence-corrected chi connectivity index (χ3v) is 0.798. The Balaban J connectivity index is 0. The molecule has 0 aliphatic carbocycles. The monoisotopic (exact) mass is 122 g/mol. The van der Waals surface area contributed by atoms with Crippen LogP contribution in [0.15, 0.2) is 0 Å². The molecule has 2 nitrogen and oxygen atoms in total. The third kappa shape index (κ3) is 8.07. The maximum absolute atomic E-state index is 10.5. The van der Waals surface area contributed by atoms with Gasteiger partial charge in [0.2, 0.25) is 5.91 Å². The molecule has 0 fully saturated rings. The van der Waals surface area contributed by atoms with E-state index in [0.29, 0.717) is 13.0 Å². The van der Waals surface area contributed by atoms with Gasteiger partial charge in [0.15, 0.2) is 0 Å². The zero-order valence-corrected chi connectivity index (χ0v) is 5.48. The van der Waals surface area contributed by atoms with Gasteiger partial charge in [0.25, 0.3) is 0 Å². The van der Waals surface area contributed by atoms with Gasteiger partial charge >= 0.3 is 18.9 Å². The zero-order chi connectivity index (χ0) is 6.41. The Labute approximate surface area is 68.6 Å². The molecule has 0 N–H and O–H groups in total. The summed E-state index contributed by atoms with van der Waals surface area (Å²) < 4.78 is 0. The van der Waals surface area contributed by atoms with Crippen LogP contribution in [0.4, 0.5) is 0 Å². The van der Waals surface area contributed by atoms with Crippen LogP contribution in [0.25, 0.3) is 0 Å². The van der Waals surface area contributed by atoms with Gasteiger partial charge in [-0.1, -0.05) is 6.92 Å². The molecule has 0 saturated heterocycles. The van der Waals surface area contributed by atoms with Crippen molar-refractivity contribution in [2.75, 3.05) is 6.54 Å². The normalized spacial score (nSPS) is 7.78. The van der Waals surface area contributed by atoms with Crippen molar-refractivity contribution in [1.29, 1.82) is 0 Å². The van der Waals surface area contributed by atoms with Crippen molar-refractivity contribution in [2.45, 2.75) is 26.7 Å². The van der Waals surface area contributed by atoms with E-state index in [2.05, 4.69) is 5.32 Å². The van der Waals surface area contributed by atoms with Crippen molar-refractivity contribution in [3.63, 3.8) is 0 Å². The summed E-state index contributed by atoms with van der Waals surface area (Å²) >= 11 is 0. The quantitative estimate of drug-likeness (QED) is 0.495. The van der Waals surface area contributed by atoms with Gasteiger partial charge in [-0.25, -0.2) is 0 Å². The second kappa shape index (κ2) is 8.07. The number of hydrogen-bond donors (Lipinski definition) is 0. The van der Waals surface area contributed by atoms with E-state index in [1.807, 2.05) is 13.8 Å². The van der Waals surface area contributed by atoms with Crippen LogP contribution in [-0.4, -0.2) is 31.3 Å². The number of amides is 1. The van der Waals surface area contributed by atoms with Crippen molar-refractivity contribution in [3.05, 3.63) is 0 Å². The van der Waals surface area contributed by atoms with Gasteiger partial charge in [-0.05, 0) is 13.3 Å². The number of rotatable bonds is 3. The molecule has 1 radical (unpaired) electrons. The minimum atomic E-state index is 0. The SMILES string of the molecule is CCCC(=O)[N]CC.[LiH]. The van der Waals surface area contributed by atoms with Gasteiger partial charge in [-0.15, -0.1) is 0 Å². The molecule has 49 valence electrons. The second-order valence-corrected chi connectivity index (χ2v) is 1.62. The van der Waals surface area contributed by atoms with Gasteiger partial charge in [0.1, 0.15) is 0 Å². The Bertz CT molecular complexity index is 67.5. The zero-order valence-electron chi connectivity index (χ0n) is 5.48. The number of nitrogens with zero attached hydrogens (tertiary/aromatic N) is 1. The van der Waals surface area contributed by atoms with Crippen LogP contribution in [0.1, 0.15) is 26.7 Å². The molecule has 0 rings (SSSR count). The fourth-order valence-corrected chi connectivity index (χ4v) is 0.469. The van der Waals surface area contributed by atoms with Crippen LogP contribution in [0.2, 0.25) is 0 Å². The molecule has 0 saturated carbocycles. The van der Waals surface area contributed by atoms with E-state index in [1.165, 1.54) is 0 Å². The van der Waals surface area contributed by atoms with Gasteiger partial charge in [0.05, 0.1) is 0 Å². The first kappa shape index (κ1) is 11.8. The first-order valence-electron chi connectivity index (χ1n) is 3.01. The summed E-state index contributed by atoms with van der Waals surface area (Å²) in [5.74, 6) is 0.0370. The molecule has 0 bridgehead atoms. The molecule has 0 aromatic heterocycles. The molecule has 0 unspecified atom stereocenters.